The zero-order chi connectivity index (χ0) is 41.4. The Hall–Kier alpha value is -6.04. The number of benzene rings is 4. The van der Waals surface area contributed by atoms with Gasteiger partial charge in [-0.05, 0) is 97.1 Å². The first-order valence-corrected chi connectivity index (χ1v) is 20.5. The van der Waals surface area contributed by atoms with Crippen molar-refractivity contribution in [2.45, 2.75) is 45.3 Å². The van der Waals surface area contributed by atoms with Gasteiger partial charge in [-0.25, -0.2) is 4.79 Å². The third-order valence-corrected chi connectivity index (χ3v) is 12.6. The minimum atomic E-state index is -1.03. The van der Waals surface area contributed by atoms with Crippen molar-refractivity contribution in [2.24, 2.45) is 7.05 Å². The highest BCUT2D eigenvalue weighted by atomic mass is 16.4. The van der Waals surface area contributed by atoms with E-state index in [9.17, 15) is 19.5 Å². The predicted octanol–water partition coefficient (Wildman–Crippen LogP) is 5.92. The van der Waals surface area contributed by atoms with Gasteiger partial charge in [0.1, 0.15) is 0 Å². The monoisotopic (exact) mass is 792 g/mol. The Morgan fingerprint density at radius 1 is 0.746 bits per heavy atom. The molecule has 59 heavy (non-hydrogen) atoms. The number of nitrogens with zero attached hydrogens (tertiary/aromatic N) is 6. The van der Waals surface area contributed by atoms with Crippen LogP contribution < -0.4 is 4.90 Å². The number of aromatic carboxylic acids is 1. The molecule has 11 nitrogen and oxygen atoms in total. The number of carboxylic acid groups (broad SMARTS) is 1. The average Bonchev–Trinajstić information content (AvgIpc) is 3.55. The van der Waals surface area contributed by atoms with Gasteiger partial charge >= 0.3 is 5.97 Å². The van der Waals surface area contributed by atoms with Gasteiger partial charge in [0.25, 0.3) is 11.8 Å². The van der Waals surface area contributed by atoms with E-state index in [1.54, 1.807) is 35.0 Å². The summed E-state index contributed by atoms with van der Waals surface area (Å²) in [6.07, 6.45) is 1.43. The number of rotatable bonds is 9. The summed E-state index contributed by atoms with van der Waals surface area (Å²) in [7, 11) is 5.88. The summed E-state index contributed by atoms with van der Waals surface area (Å²) < 4.78 is 2.02. The minimum Gasteiger partial charge on any atom is -0.478 e. The number of amides is 3. The van der Waals surface area contributed by atoms with Gasteiger partial charge in [0, 0.05) is 101 Å². The van der Waals surface area contributed by atoms with Crippen LogP contribution in [0.2, 0.25) is 0 Å². The Bertz CT molecular complexity index is 2420. The van der Waals surface area contributed by atoms with Crippen LogP contribution in [0.5, 0.6) is 0 Å². The van der Waals surface area contributed by atoms with Gasteiger partial charge < -0.3 is 29.3 Å². The molecule has 8 rings (SSSR count). The molecule has 0 radical (unpaired) electrons. The van der Waals surface area contributed by atoms with Gasteiger partial charge in [-0.2, -0.15) is 0 Å². The topological polar surface area (TPSA) is 110 Å². The molecule has 3 amide bonds. The lowest BCUT2D eigenvalue weighted by Crippen LogP contribution is -2.53. The molecule has 1 saturated heterocycles. The van der Waals surface area contributed by atoms with E-state index in [-0.39, 0.29) is 35.7 Å². The number of fused-ring (bicyclic) bond motifs is 2. The second-order valence-electron chi connectivity index (χ2n) is 16.4. The lowest BCUT2D eigenvalue weighted by Gasteiger charge is -2.42. The first kappa shape index (κ1) is 39.8. The van der Waals surface area contributed by atoms with E-state index in [0.717, 1.165) is 78.5 Å². The van der Waals surface area contributed by atoms with E-state index < -0.39 is 5.97 Å². The van der Waals surface area contributed by atoms with Crippen LogP contribution in [0.15, 0.2) is 97.1 Å². The first-order valence-electron chi connectivity index (χ1n) is 20.5. The molecule has 0 aliphatic carbocycles. The third kappa shape index (κ3) is 8.17. The SMILES string of the molecule is Cc1c(C(=O)N(C)c2ccccc2)cc(-c2cc3c(cc2C(=O)N2Cc4ccccc4C[C@H]2CN2CCN(C)CC2)CN(C(=O)Cc2cccc(C(=O)O)c2)CC3)n1C. The van der Waals surface area contributed by atoms with E-state index in [4.69, 9.17) is 0 Å². The van der Waals surface area contributed by atoms with E-state index >= 15 is 4.79 Å². The van der Waals surface area contributed by atoms with Crippen LogP contribution >= 0.6 is 0 Å². The maximum Gasteiger partial charge on any atom is 0.335 e. The Labute approximate surface area is 346 Å². The molecule has 1 atom stereocenters. The van der Waals surface area contributed by atoms with E-state index in [0.29, 0.717) is 42.7 Å². The molecule has 0 spiro atoms. The van der Waals surface area contributed by atoms with Crippen LogP contribution in [-0.2, 0) is 44.2 Å². The van der Waals surface area contributed by atoms with Crippen LogP contribution in [-0.4, -0.2) is 112 Å². The molecular weight excluding hydrogens is 741 g/mol. The number of carbonyl (C=O) groups excluding carboxylic acids is 3. The Kier molecular flexibility index (Phi) is 11.2. The highest BCUT2D eigenvalue weighted by Crippen LogP contribution is 2.36. The highest BCUT2D eigenvalue weighted by molar-refractivity contribution is 6.08. The summed E-state index contributed by atoms with van der Waals surface area (Å²) in [5.41, 5.74) is 9.42. The number of likely N-dealkylation sites (N-methyl/N-ethyl adjacent to an activating group) is 1. The van der Waals surface area contributed by atoms with Crippen LogP contribution in [0.1, 0.15) is 64.6 Å². The van der Waals surface area contributed by atoms with E-state index in [2.05, 4.69) is 46.0 Å². The number of carbonyl (C=O) groups is 4. The molecule has 1 aromatic heterocycles. The molecule has 3 aliphatic heterocycles. The average molecular weight is 793 g/mol. The van der Waals surface area contributed by atoms with Crippen molar-refractivity contribution in [3.05, 3.63) is 147 Å². The molecular formula is C48H52N6O5. The fourth-order valence-corrected chi connectivity index (χ4v) is 8.91. The highest BCUT2D eigenvalue weighted by Gasteiger charge is 2.35. The lowest BCUT2D eigenvalue weighted by molar-refractivity contribution is -0.131. The molecule has 0 saturated carbocycles. The Morgan fingerprint density at radius 3 is 2.22 bits per heavy atom. The second-order valence-corrected chi connectivity index (χ2v) is 16.4. The standard InChI is InChI=1S/C48H52N6O5/c1-32-41(46(56)51(4)39-15-6-5-7-16-39)28-44(50(32)3)42-26-35-17-18-53(45(55)24-33-11-10-14-36(23-33)48(58)59)29-38(35)27-43(42)47(57)54-30-37-13-9-8-12-34(37)25-40(54)31-52-21-19-49(2)20-22-52/h5-16,23,26-28,40H,17-22,24-25,29-31H2,1-4H3,(H,58,59)/t40-/m0/s1. The summed E-state index contributed by atoms with van der Waals surface area (Å²) in [4.78, 5) is 65.2. The first-order chi connectivity index (χ1) is 28.4. The summed E-state index contributed by atoms with van der Waals surface area (Å²) >= 11 is 0. The molecule has 0 unspecified atom stereocenters. The van der Waals surface area contributed by atoms with Crippen LogP contribution in [0.3, 0.4) is 0 Å². The zero-order valence-corrected chi connectivity index (χ0v) is 34.4. The second kappa shape index (κ2) is 16.7. The number of para-hydroxylation sites is 1. The van der Waals surface area contributed by atoms with Gasteiger partial charge in [-0.1, -0.05) is 54.6 Å². The molecule has 1 fully saturated rings. The number of hydrogen-bond donors (Lipinski definition) is 1. The van der Waals surface area contributed by atoms with Gasteiger partial charge in [0.15, 0.2) is 0 Å². The molecule has 5 aromatic rings. The Morgan fingerprint density at radius 2 is 1.47 bits per heavy atom. The van der Waals surface area contributed by atoms with E-state index in [1.165, 1.54) is 11.6 Å². The number of piperazine rings is 1. The third-order valence-electron chi connectivity index (χ3n) is 12.6. The molecule has 4 aromatic carbocycles. The molecule has 304 valence electrons. The number of aromatic nitrogens is 1. The quantitative estimate of drug-likeness (QED) is 0.198. The van der Waals surface area contributed by atoms with Crippen LogP contribution in [0, 0.1) is 6.92 Å². The maximum atomic E-state index is 15.5. The van der Waals surface area contributed by atoms with Gasteiger partial charge in [0.05, 0.1) is 17.5 Å². The molecule has 11 heteroatoms. The number of anilines is 1. The fourth-order valence-electron chi connectivity index (χ4n) is 8.91. The van der Waals surface area contributed by atoms with Gasteiger partial charge in [-0.15, -0.1) is 0 Å². The van der Waals surface area contributed by atoms with Crippen molar-refractivity contribution in [3.8, 4) is 11.3 Å². The lowest BCUT2D eigenvalue weighted by atomic mass is 9.89. The number of hydrogen-bond acceptors (Lipinski definition) is 6. The van der Waals surface area contributed by atoms with Crippen molar-refractivity contribution < 1.29 is 24.3 Å². The van der Waals surface area contributed by atoms with Crippen molar-refractivity contribution >= 4 is 29.4 Å². The predicted molar refractivity (Wildman–Crippen MR) is 229 cm³/mol. The Balaban J connectivity index is 1.18. The largest absolute Gasteiger partial charge is 0.478 e. The van der Waals surface area contributed by atoms with Crippen molar-refractivity contribution in [1.29, 1.82) is 0 Å². The van der Waals surface area contributed by atoms with Crippen LogP contribution in [0.4, 0.5) is 5.69 Å². The minimum absolute atomic E-state index is 0.0452. The molecule has 0 bridgehead atoms. The summed E-state index contributed by atoms with van der Waals surface area (Å²) in [6, 6.07) is 30.5. The molecule has 1 N–H and O–H groups in total. The molecule has 4 heterocycles. The van der Waals surface area contributed by atoms with Crippen molar-refractivity contribution in [3.63, 3.8) is 0 Å². The normalized spacial score (nSPS) is 17.0. The van der Waals surface area contributed by atoms with Gasteiger partial charge in [-0.3, -0.25) is 19.3 Å². The smallest absolute Gasteiger partial charge is 0.335 e. The zero-order valence-electron chi connectivity index (χ0n) is 34.4. The van der Waals surface area contributed by atoms with Crippen molar-refractivity contribution in [2.75, 3.05) is 58.3 Å². The summed E-state index contributed by atoms with van der Waals surface area (Å²) in [5.74, 6) is -1.34. The summed E-state index contributed by atoms with van der Waals surface area (Å²) in [5, 5.41) is 9.51. The molecule has 3 aliphatic rings. The fraction of sp³-hybridized carbons (Fsp3) is 0.333. The summed E-state index contributed by atoms with van der Waals surface area (Å²) in [6.45, 7) is 7.89. The maximum absolute atomic E-state index is 15.5. The van der Waals surface area contributed by atoms with E-state index in [1.807, 2.05) is 67.1 Å². The van der Waals surface area contributed by atoms with Crippen LogP contribution in [0.25, 0.3) is 11.3 Å². The number of carboxylic acids is 1. The van der Waals surface area contributed by atoms with Crippen molar-refractivity contribution in [1.82, 2.24) is 24.2 Å². The van der Waals surface area contributed by atoms with Gasteiger partial charge in [0.2, 0.25) is 5.91 Å².